The minimum Gasteiger partial charge on any atom is -0.373 e. The van der Waals surface area contributed by atoms with Crippen LogP contribution < -0.4 is 0 Å². The van der Waals surface area contributed by atoms with Gasteiger partial charge < -0.3 is 9.64 Å². The van der Waals surface area contributed by atoms with Gasteiger partial charge in [-0.1, -0.05) is 0 Å². The highest BCUT2D eigenvalue weighted by Gasteiger charge is 2.42. The number of aromatic amines is 1. The van der Waals surface area contributed by atoms with Gasteiger partial charge in [0.2, 0.25) is 0 Å². The number of H-pyrrole nitrogens is 1. The van der Waals surface area contributed by atoms with E-state index in [9.17, 15) is 4.79 Å². The summed E-state index contributed by atoms with van der Waals surface area (Å²) in [5.41, 5.74) is 1.64. The predicted molar refractivity (Wildman–Crippen MR) is 85.3 cm³/mol. The lowest BCUT2D eigenvalue weighted by Crippen LogP contribution is -2.50. The highest BCUT2D eigenvalue weighted by atomic mass is 32.1. The Morgan fingerprint density at radius 3 is 3.17 bits per heavy atom. The molecule has 0 unspecified atom stereocenters. The SMILES string of the molecule is Cc1nc(CN2CCO[C@H]3CN(C(=O)c4ccn[nH]4)C[C@H]32)cs1. The maximum absolute atomic E-state index is 12.5. The van der Waals surface area contributed by atoms with Crippen molar-refractivity contribution in [1.29, 1.82) is 0 Å². The number of morpholine rings is 1. The van der Waals surface area contributed by atoms with E-state index in [1.165, 1.54) is 0 Å². The van der Waals surface area contributed by atoms with E-state index in [1.807, 2.05) is 11.8 Å². The van der Waals surface area contributed by atoms with Gasteiger partial charge in [-0.15, -0.1) is 11.3 Å². The van der Waals surface area contributed by atoms with Gasteiger partial charge in [-0.3, -0.25) is 14.8 Å². The lowest BCUT2D eigenvalue weighted by atomic mass is 10.1. The fraction of sp³-hybridized carbons (Fsp3) is 0.533. The zero-order valence-corrected chi connectivity index (χ0v) is 13.8. The number of aromatic nitrogens is 3. The minimum atomic E-state index is -0.00930. The monoisotopic (exact) mass is 333 g/mol. The third-order valence-electron chi connectivity index (χ3n) is 4.47. The first kappa shape index (κ1) is 14.8. The van der Waals surface area contributed by atoms with Crippen LogP contribution in [0.15, 0.2) is 17.6 Å². The van der Waals surface area contributed by atoms with E-state index < -0.39 is 0 Å². The van der Waals surface area contributed by atoms with Crippen LogP contribution in [0.4, 0.5) is 0 Å². The summed E-state index contributed by atoms with van der Waals surface area (Å²) < 4.78 is 5.89. The summed E-state index contributed by atoms with van der Waals surface area (Å²) in [6, 6.07) is 1.94. The van der Waals surface area contributed by atoms with Crippen molar-refractivity contribution in [2.45, 2.75) is 25.6 Å². The molecule has 2 atom stereocenters. The molecule has 2 aromatic rings. The molecule has 0 aromatic carbocycles. The molecule has 7 nitrogen and oxygen atoms in total. The molecule has 0 saturated carbocycles. The molecule has 8 heteroatoms. The van der Waals surface area contributed by atoms with Crippen LogP contribution >= 0.6 is 11.3 Å². The number of rotatable bonds is 3. The summed E-state index contributed by atoms with van der Waals surface area (Å²) in [6.45, 7) is 5.75. The number of nitrogens with one attached hydrogen (secondary N) is 1. The molecule has 0 spiro atoms. The van der Waals surface area contributed by atoms with Crippen LogP contribution in [0, 0.1) is 6.92 Å². The van der Waals surface area contributed by atoms with E-state index in [0.717, 1.165) is 23.8 Å². The summed E-state index contributed by atoms with van der Waals surface area (Å²) in [5.74, 6) is -0.00930. The first-order chi connectivity index (χ1) is 11.2. The summed E-state index contributed by atoms with van der Waals surface area (Å²) in [4.78, 5) is 21.3. The molecule has 2 fully saturated rings. The van der Waals surface area contributed by atoms with Gasteiger partial charge in [0.05, 0.1) is 29.5 Å². The summed E-state index contributed by atoms with van der Waals surface area (Å²) in [5, 5.41) is 9.81. The van der Waals surface area contributed by atoms with Crippen LogP contribution in [0.2, 0.25) is 0 Å². The van der Waals surface area contributed by atoms with Crippen molar-refractivity contribution in [1.82, 2.24) is 25.0 Å². The zero-order chi connectivity index (χ0) is 15.8. The highest BCUT2D eigenvalue weighted by molar-refractivity contribution is 7.09. The molecule has 2 aliphatic heterocycles. The molecule has 4 heterocycles. The fourth-order valence-electron chi connectivity index (χ4n) is 3.35. The van der Waals surface area contributed by atoms with Gasteiger partial charge in [0.15, 0.2) is 0 Å². The first-order valence-corrected chi connectivity index (χ1v) is 8.64. The van der Waals surface area contributed by atoms with Gasteiger partial charge in [0.25, 0.3) is 5.91 Å². The topological polar surface area (TPSA) is 74.3 Å². The number of amides is 1. The third kappa shape index (κ3) is 2.89. The third-order valence-corrected chi connectivity index (χ3v) is 5.29. The lowest BCUT2D eigenvalue weighted by molar-refractivity contribution is -0.0507. The normalized spacial score (nSPS) is 24.8. The van der Waals surface area contributed by atoms with Crippen molar-refractivity contribution in [2.75, 3.05) is 26.2 Å². The number of ether oxygens (including phenoxy) is 1. The van der Waals surface area contributed by atoms with Gasteiger partial charge in [0.1, 0.15) is 5.69 Å². The highest BCUT2D eigenvalue weighted by Crippen LogP contribution is 2.25. The van der Waals surface area contributed by atoms with Crippen LogP contribution in [0.25, 0.3) is 0 Å². The average molecular weight is 333 g/mol. The van der Waals surface area contributed by atoms with Crippen molar-refractivity contribution >= 4 is 17.2 Å². The van der Waals surface area contributed by atoms with Crippen LogP contribution in [0.3, 0.4) is 0 Å². The largest absolute Gasteiger partial charge is 0.373 e. The maximum atomic E-state index is 12.5. The number of hydrogen-bond donors (Lipinski definition) is 1. The molecular weight excluding hydrogens is 314 g/mol. The van der Waals surface area contributed by atoms with Crippen molar-refractivity contribution < 1.29 is 9.53 Å². The van der Waals surface area contributed by atoms with Crippen molar-refractivity contribution in [3.8, 4) is 0 Å². The summed E-state index contributed by atoms with van der Waals surface area (Å²) >= 11 is 1.68. The van der Waals surface area contributed by atoms with E-state index in [-0.39, 0.29) is 18.1 Å². The maximum Gasteiger partial charge on any atom is 0.272 e. The molecule has 1 N–H and O–H groups in total. The Morgan fingerprint density at radius 1 is 1.52 bits per heavy atom. The minimum absolute atomic E-state index is 0.00930. The molecule has 4 rings (SSSR count). The molecule has 0 aliphatic carbocycles. The predicted octanol–water partition coefficient (Wildman–Crippen LogP) is 0.900. The molecule has 2 saturated heterocycles. The standard InChI is InChI=1S/C15H19N5O2S/c1-10-17-11(9-23-10)6-19-4-5-22-14-8-20(7-13(14)19)15(21)12-2-3-16-18-12/h2-3,9,13-14H,4-8H2,1H3,(H,16,18)/t13-,14+/m1/s1. The van der Waals surface area contributed by atoms with E-state index in [1.54, 1.807) is 23.6 Å². The molecular formula is C15H19N5O2S. The number of thiazole rings is 1. The number of nitrogens with zero attached hydrogens (tertiary/aromatic N) is 4. The van der Waals surface area contributed by atoms with E-state index >= 15 is 0 Å². The Bertz CT molecular complexity index is 686. The smallest absolute Gasteiger partial charge is 0.272 e. The molecule has 2 aliphatic rings. The number of likely N-dealkylation sites (tertiary alicyclic amines) is 1. The molecule has 23 heavy (non-hydrogen) atoms. The Hall–Kier alpha value is -1.77. The number of hydrogen-bond acceptors (Lipinski definition) is 6. The van der Waals surface area contributed by atoms with E-state index in [4.69, 9.17) is 4.74 Å². The average Bonchev–Trinajstić information content (AvgIpc) is 3.26. The number of carbonyl (C=O) groups excluding carboxylic acids is 1. The Morgan fingerprint density at radius 2 is 2.43 bits per heavy atom. The first-order valence-electron chi connectivity index (χ1n) is 7.76. The van der Waals surface area contributed by atoms with Gasteiger partial charge in [0, 0.05) is 37.8 Å². The molecule has 2 aromatic heterocycles. The number of fused-ring (bicyclic) bond motifs is 1. The quantitative estimate of drug-likeness (QED) is 0.903. The van der Waals surface area contributed by atoms with Gasteiger partial charge in [-0.25, -0.2) is 4.98 Å². The Labute approximate surface area is 138 Å². The Kier molecular flexibility index (Phi) is 3.88. The van der Waals surface area contributed by atoms with Gasteiger partial charge >= 0.3 is 0 Å². The van der Waals surface area contributed by atoms with Crippen LogP contribution in [0.5, 0.6) is 0 Å². The Balaban J connectivity index is 1.47. The van der Waals surface area contributed by atoms with Crippen molar-refractivity contribution in [2.24, 2.45) is 0 Å². The fourth-order valence-corrected chi connectivity index (χ4v) is 3.96. The summed E-state index contributed by atoms with van der Waals surface area (Å²) in [7, 11) is 0. The van der Waals surface area contributed by atoms with Gasteiger partial charge in [-0.2, -0.15) is 5.10 Å². The summed E-state index contributed by atoms with van der Waals surface area (Å²) in [6.07, 6.45) is 1.68. The van der Waals surface area contributed by atoms with E-state index in [2.05, 4.69) is 25.5 Å². The van der Waals surface area contributed by atoms with Crippen LogP contribution in [-0.2, 0) is 11.3 Å². The second-order valence-corrected chi connectivity index (χ2v) is 7.05. The van der Waals surface area contributed by atoms with Crippen molar-refractivity contribution in [3.63, 3.8) is 0 Å². The molecule has 122 valence electrons. The zero-order valence-electron chi connectivity index (χ0n) is 12.9. The molecule has 0 bridgehead atoms. The lowest BCUT2D eigenvalue weighted by Gasteiger charge is -2.36. The van der Waals surface area contributed by atoms with Crippen molar-refractivity contribution in [3.05, 3.63) is 34.0 Å². The van der Waals surface area contributed by atoms with E-state index in [0.29, 0.717) is 25.4 Å². The molecule has 0 radical (unpaired) electrons. The van der Waals surface area contributed by atoms with Gasteiger partial charge in [-0.05, 0) is 13.0 Å². The number of aryl methyl sites for hydroxylation is 1. The molecule has 1 amide bonds. The second kappa shape index (κ2) is 6.03. The number of carbonyl (C=O) groups is 1. The van der Waals surface area contributed by atoms with Crippen LogP contribution in [0.1, 0.15) is 21.2 Å². The van der Waals surface area contributed by atoms with Crippen LogP contribution in [-0.4, -0.2) is 69.3 Å². The second-order valence-electron chi connectivity index (χ2n) is 5.99.